The van der Waals surface area contributed by atoms with Crippen LogP contribution < -0.4 is 4.90 Å². The molecule has 2 unspecified atom stereocenters. The van der Waals surface area contributed by atoms with E-state index in [-0.39, 0.29) is 30.1 Å². The second-order valence-corrected chi connectivity index (χ2v) is 9.31. The normalized spacial score (nSPS) is 17.6. The number of rotatable bonds is 5. The first-order valence-corrected chi connectivity index (χ1v) is 11.9. The van der Waals surface area contributed by atoms with E-state index < -0.39 is 18.0 Å². The first-order valence-electron chi connectivity index (χ1n) is 10.6. The molecule has 0 saturated heterocycles. The summed E-state index contributed by atoms with van der Waals surface area (Å²) in [6.07, 6.45) is -3.05. The quantitative estimate of drug-likeness (QED) is 0.525. The molecule has 1 aliphatic rings. The summed E-state index contributed by atoms with van der Waals surface area (Å²) in [5.41, 5.74) is 0.980. The lowest BCUT2D eigenvalue weighted by molar-refractivity contribution is -0.142. The van der Waals surface area contributed by atoms with Gasteiger partial charge in [0.2, 0.25) is 5.95 Å². The van der Waals surface area contributed by atoms with Gasteiger partial charge in [-0.2, -0.15) is 13.2 Å². The monoisotopic (exact) mass is 481 g/mol. The molecular formula is C22H26F3N5O2S. The Balaban J connectivity index is 1.84. The Morgan fingerprint density at radius 2 is 1.91 bits per heavy atom. The van der Waals surface area contributed by atoms with E-state index in [0.29, 0.717) is 13.1 Å². The van der Waals surface area contributed by atoms with Crippen LogP contribution in [0.5, 0.6) is 0 Å². The molecule has 0 bridgehead atoms. The maximum Gasteiger partial charge on any atom is 0.433 e. The third kappa shape index (κ3) is 4.17. The van der Waals surface area contributed by atoms with Crippen molar-refractivity contribution in [2.24, 2.45) is 5.92 Å². The zero-order chi connectivity index (χ0) is 24.1. The molecule has 1 aliphatic heterocycles. The summed E-state index contributed by atoms with van der Waals surface area (Å²) in [4.78, 5) is 15.6. The molecule has 2 N–H and O–H groups in total. The van der Waals surface area contributed by atoms with Crippen LogP contribution in [0.1, 0.15) is 55.6 Å². The maximum absolute atomic E-state index is 13.7. The molecule has 4 rings (SSSR count). The average Bonchev–Trinajstić information content (AvgIpc) is 3.13. The second-order valence-electron chi connectivity index (χ2n) is 8.46. The van der Waals surface area contributed by atoms with Crippen molar-refractivity contribution in [3.8, 4) is 0 Å². The van der Waals surface area contributed by atoms with Gasteiger partial charge < -0.3 is 19.7 Å². The van der Waals surface area contributed by atoms with Gasteiger partial charge in [0.1, 0.15) is 5.82 Å². The molecule has 3 aromatic rings. The number of nitrogens with zero attached hydrogens (tertiary/aromatic N) is 5. The second kappa shape index (κ2) is 8.77. The number of benzene rings is 1. The van der Waals surface area contributed by atoms with Gasteiger partial charge in [-0.15, -0.1) is 11.8 Å². The van der Waals surface area contributed by atoms with E-state index in [9.17, 15) is 23.4 Å². The Bertz CT molecular complexity index is 1180. The van der Waals surface area contributed by atoms with E-state index in [1.54, 1.807) is 16.7 Å². The van der Waals surface area contributed by atoms with E-state index in [0.717, 1.165) is 33.5 Å². The third-order valence-corrected chi connectivity index (χ3v) is 6.75. The lowest BCUT2D eigenvalue weighted by atomic mass is 10.00. The minimum absolute atomic E-state index is 0.00701. The molecule has 2 aromatic heterocycles. The van der Waals surface area contributed by atoms with Crippen molar-refractivity contribution in [1.82, 2.24) is 19.5 Å². The number of anilines is 1. The van der Waals surface area contributed by atoms with Crippen LogP contribution in [0.15, 0.2) is 23.2 Å². The first kappa shape index (κ1) is 23.8. The Hall–Kier alpha value is -2.37. The summed E-state index contributed by atoms with van der Waals surface area (Å²) in [5.74, 6) is 0.697. The summed E-state index contributed by atoms with van der Waals surface area (Å²) < 4.78 is 43.1. The molecule has 0 saturated carbocycles. The Labute approximate surface area is 193 Å². The van der Waals surface area contributed by atoms with Gasteiger partial charge in [0.25, 0.3) is 0 Å². The van der Waals surface area contributed by atoms with Crippen LogP contribution in [-0.4, -0.2) is 42.5 Å². The highest BCUT2D eigenvalue weighted by Gasteiger charge is 2.40. The number of aromatic nitrogens is 4. The summed E-state index contributed by atoms with van der Waals surface area (Å²) in [5, 5.41) is 19.5. The topological polar surface area (TPSA) is 87.3 Å². The van der Waals surface area contributed by atoms with Crippen LogP contribution >= 0.6 is 11.8 Å². The fourth-order valence-corrected chi connectivity index (χ4v) is 5.03. The van der Waals surface area contributed by atoms with Crippen molar-refractivity contribution in [1.29, 1.82) is 0 Å². The van der Waals surface area contributed by atoms with Crippen LogP contribution in [0.4, 0.5) is 19.1 Å². The smallest absolute Gasteiger partial charge is 0.392 e. The summed E-state index contributed by atoms with van der Waals surface area (Å²) in [7, 11) is 0. The number of halogens is 3. The Morgan fingerprint density at radius 3 is 2.48 bits per heavy atom. The van der Waals surface area contributed by atoms with E-state index in [1.807, 2.05) is 32.2 Å². The van der Waals surface area contributed by atoms with E-state index in [4.69, 9.17) is 4.98 Å². The van der Waals surface area contributed by atoms with E-state index in [2.05, 4.69) is 14.5 Å². The fraction of sp³-hybridized carbons (Fsp3) is 0.500. The van der Waals surface area contributed by atoms with Crippen LogP contribution in [-0.2, 0) is 19.3 Å². The van der Waals surface area contributed by atoms with Gasteiger partial charge in [-0.25, -0.2) is 15.0 Å². The van der Waals surface area contributed by atoms with E-state index in [1.165, 1.54) is 6.92 Å². The third-order valence-electron chi connectivity index (χ3n) is 5.93. The van der Waals surface area contributed by atoms with Gasteiger partial charge in [-0.1, -0.05) is 13.8 Å². The molecule has 0 aliphatic carbocycles. The average molecular weight is 482 g/mol. The number of aliphatic hydroxyl groups excluding tert-OH is 2. The molecule has 11 heteroatoms. The van der Waals surface area contributed by atoms with Crippen molar-refractivity contribution in [3.05, 3.63) is 41.0 Å². The molecule has 0 amide bonds. The largest absolute Gasteiger partial charge is 0.433 e. The molecule has 33 heavy (non-hydrogen) atoms. The molecule has 1 aromatic carbocycles. The van der Waals surface area contributed by atoms with Crippen LogP contribution in [0.3, 0.4) is 0 Å². The SMILES string of the molecule is CSc1cc2c(cc1CO)nc1n2CCN(c2ncc(C(C)O)c(C(F)(F)F)n2)C1C(C)C. The van der Waals surface area contributed by atoms with Gasteiger partial charge >= 0.3 is 6.18 Å². The van der Waals surface area contributed by atoms with Gasteiger partial charge in [0.15, 0.2) is 5.69 Å². The van der Waals surface area contributed by atoms with Crippen LogP contribution in [0.25, 0.3) is 11.0 Å². The minimum atomic E-state index is -4.71. The predicted octanol–water partition coefficient (Wildman–Crippen LogP) is 4.33. The van der Waals surface area contributed by atoms with Crippen LogP contribution in [0, 0.1) is 5.92 Å². The first-order chi connectivity index (χ1) is 15.6. The van der Waals surface area contributed by atoms with Gasteiger partial charge in [-0.3, -0.25) is 0 Å². The number of imidazole rings is 1. The number of alkyl halides is 3. The zero-order valence-electron chi connectivity index (χ0n) is 18.8. The zero-order valence-corrected chi connectivity index (χ0v) is 19.6. The van der Waals surface area contributed by atoms with E-state index >= 15 is 0 Å². The number of aliphatic hydroxyl groups is 2. The maximum atomic E-state index is 13.7. The van der Waals surface area contributed by atoms with Crippen molar-refractivity contribution in [2.45, 2.75) is 57.1 Å². The van der Waals surface area contributed by atoms with Crippen molar-refractivity contribution < 1.29 is 23.4 Å². The number of hydrogen-bond acceptors (Lipinski definition) is 7. The molecule has 2 atom stereocenters. The molecule has 0 spiro atoms. The lowest BCUT2D eigenvalue weighted by Crippen LogP contribution is -2.42. The van der Waals surface area contributed by atoms with Crippen molar-refractivity contribution in [2.75, 3.05) is 17.7 Å². The standard InChI is InChI=1S/C22H26F3N5O2S/c1-11(2)18-20-27-15-7-13(10-31)17(33-4)8-16(15)29(20)5-6-30(18)21-26-9-14(12(3)32)19(28-21)22(23,24)25/h7-9,11-12,18,31-32H,5-6,10H2,1-4H3. The minimum Gasteiger partial charge on any atom is -0.392 e. The summed E-state index contributed by atoms with van der Waals surface area (Å²) in [6.45, 7) is 6.03. The van der Waals surface area contributed by atoms with Gasteiger partial charge in [0.05, 0.1) is 29.8 Å². The predicted molar refractivity (Wildman–Crippen MR) is 120 cm³/mol. The Kier molecular flexibility index (Phi) is 6.32. The summed E-state index contributed by atoms with van der Waals surface area (Å²) >= 11 is 1.54. The number of thioether (sulfide) groups is 1. The van der Waals surface area contributed by atoms with Gasteiger partial charge in [0, 0.05) is 29.7 Å². The molecule has 178 valence electrons. The number of hydrogen-bond donors (Lipinski definition) is 2. The molecular weight excluding hydrogens is 455 g/mol. The molecule has 7 nitrogen and oxygen atoms in total. The molecule has 0 radical (unpaired) electrons. The van der Waals surface area contributed by atoms with Gasteiger partial charge in [-0.05, 0) is 36.8 Å². The number of fused-ring (bicyclic) bond motifs is 3. The highest BCUT2D eigenvalue weighted by atomic mass is 32.2. The lowest BCUT2D eigenvalue weighted by Gasteiger charge is -2.38. The Morgan fingerprint density at radius 1 is 1.18 bits per heavy atom. The molecule has 3 heterocycles. The van der Waals surface area contributed by atoms with Crippen LogP contribution in [0.2, 0.25) is 0 Å². The summed E-state index contributed by atoms with van der Waals surface area (Å²) in [6, 6.07) is 3.52. The highest BCUT2D eigenvalue weighted by molar-refractivity contribution is 7.98. The van der Waals surface area contributed by atoms with Crippen molar-refractivity contribution >= 4 is 28.7 Å². The van der Waals surface area contributed by atoms with Crippen molar-refractivity contribution in [3.63, 3.8) is 0 Å². The fourth-order valence-electron chi connectivity index (χ4n) is 4.41. The highest BCUT2D eigenvalue weighted by Crippen LogP contribution is 2.39. The molecule has 0 fully saturated rings.